The smallest absolute Gasteiger partial charge is 0.164 e. The number of hydrogen-bond acceptors (Lipinski definition) is 5. The molecule has 6 rings (SSSR count). The van der Waals surface area contributed by atoms with Gasteiger partial charge < -0.3 is 5.32 Å². The third-order valence-corrected chi connectivity index (χ3v) is 7.49. The third-order valence-electron chi connectivity index (χ3n) is 7.49. The van der Waals surface area contributed by atoms with Crippen molar-refractivity contribution in [2.45, 2.75) is 57.5 Å². The number of ketones is 1. The molecule has 2 aliphatic heterocycles. The zero-order valence-corrected chi connectivity index (χ0v) is 18.3. The highest BCUT2D eigenvalue weighted by Gasteiger charge is 2.55. The van der Waals surface area contributed by atoms with Crippen molar-refractivity contribution in [2.24, 2.45) is 22.7 Å². The SMILES string of the molecule is Cn1nccc1-c1cccc2c1CCC[C@]21C2=CN=NC2NC2=C1C(=O)CC(C)(C)C2. The van der Waals surface area contributed by atoms with Gasteiger partial charge in [-0.25, -0.2) is 0 Å². The van der Waals surface area contributed by atoms with Gasteiger partial charge in [0.15, 0.2) is 11.9 Å². The molecule has 2 atom stereocenters. The van der Waals surface area contributed by atoms with Crippen LogP contribution in [0.15, 0.2) is 63.7 Å². The molecule has 0 bridgehead atoms. The Hall–Kier alpha value is -3.02. The fraction of sp³-hybridized carbons (Fsp3) is 0.440. The summed E-state index contributed by atoms with van der Waals surface area (Å²) in [6, 6.07) is 8.62. The first kappa shape index (κ1) is 18.7. The number of hydrogen-bond donors (Lipinski definition) is 1. The van der Waals surface area contributed by atoms with Crippen molar-refractivity contribution in [2.75, 3.05) is 0 Å². The van der Waals surface area contributed by atoms with Gasteiger partial charge in [0.25, 0.3) is 0 Å². The summed E-state index contributed by atoms with van der Waals surface area (Å²) < 4.78 is 1.93. The lowest BCUT2D eigenvalue weighted by atomic mass is 9.55. The second-order valence-electron chi connectivity index (χ2n) is 10.1. The van der Waals surface area contributed by atoms with Crippen molar-refractivity contribution in [1.29, 1.82) is 0 Å². The van der Waals surface area contributed by atoms with Crippen molar-refractivity contribution in [3.63, 3.8) is 0 Å². The summed E-state index contributed by atoms with van der Waals surface area (Å²) in [4.78, 5) is 13.7. The number of aryl methyl sites for hydroxylation is 1. The first-order chi connectivity index (χ1) is 14.9. The molecule has 0 amide bonds. The van der Waals surface area contributed by atoms with E-state index in [9.17, 15) is 4.79 Å². The summed E-state index contributed by atoms with van der Waals surface area (Å²) in [5.74, 6) is 0.267. The Labute approximate surface area is 182 Å². The minimum atomic E-state index is -0.440. The van der Waals surface area contributed by atoms with Crippen molar-refractivity contribution >= 4 is 5.78 Å². The quantitative estimate of drug-likeness (QED) is 0.744. The number of allylic oxidation sites excluding steroid dienone is 2. The maximum Gasteiger partial charge on any atom is 0.164 e. The molecule has 0 radical (unpaired) electrons. The van der Waals surface area contributed by atoms with E-state index in [0.717, 1.165) is 48.2 Å². The number of Topliss-reactive ketones (excluding diaryl/α,β-unsaturated/α-hetero) is 1. The molecule has 1 spiro atoms. The number of nitrogens with zero attached hydrogens (tertiary/aromatic N) is 4. The summed E-state index contributed by atoms with van der Waals surface area (Å²) >= 11 is 0. The molecule has 2 aromatic rings. The standard InChI is InChI=1S/C25H27N5O/c1-24(2)12-19-22(21(31)13-24)25(18-14-26-29-23(18)28-19)10-5-7-15-16(6-4-8-17(15)25)20-9-11-27-30(20)3/h4,6,8-9,11,14,23,28H,5,7,10,12-13H2,1-3H3/t23?,25-/m1/s1. The van der Waals surface area contributed by atoms with Gasteiger partial charge in [-0.1, -0.05) is 32.0 Å². The van der Waals surface area contributed by atoms with E-state index in [2.05, 4.69) is 58.8 Å². The van der Waals surface area contributed by atoms with E-state index in [4.69, 9.17) is 0 Å². The van der Waals surface area contributed by atoms with E-state index >= 15 is 0 Å². The van der Waals surface area contributed by atoms with Crippen LogP contribution >= 0.6 is 0 Å². The Kier molecular flexibility index (Phi) is 3.78. The lowest BCUT2D eigenvalue weighted by molar-refractivity contribution is -0.119. The van der Waals surface area contributed by atoms with Crippen molar-refractivity contribution in [3.8, 4) is 11.3 Å². The van der Waals surface area contributed by atoms with Crippen LogP contribution in [-0.4, -0.2) is 21.7 Å². The molecule has 1 aromatic carbocycles. The highest BCUT2D eigenvalue weighted by atomic mass is 16.1. The molecule has 2 aliphatic carbocycles. The second-order valence-corrected chi connectivity index (χ2v) is 10.1. The average molecular weight is 414 g/mol. The first-order valence-electron chi connectivity index (χ1n) is 11.2. The predicted octanol–water partition coefficient (Wildman–Crippen LogP) is 4.58. The van der Waals surface area contributed by atoms with E-state index < -0.39 is 5.41 Å². The molecule has 158 valence electrons. The summed E-state index contributed by atoms with van der Waals surface area (Å²) in [5.41, 5.74) is 7.58. The molecule has 0 saturated carbocycles. The summed E-state index contributed by atoms with van der Waals surface area (Å²) in [5, 5.41) is 16.8. The number of nitrogens with one attached hydrogen (secondary N) is 1. The fourth-order valence-corrected chi connectivity index (χ4v) is 6.35. The largest absolute Gasteiger partial charge is 0.362 e. The van der Waals surface area contributed by atoms with Gasteiger partial charge in [-0.3, -0.25) is 9.48 Å². The lowest BCUT2D eigenvalue weighted by Crippen LogP contribution is -2.52. The van der Waals surface area contributed by atoms with Crippen LogP contribution in [0.3, 0.4) is 0 Å². The molecule has 4 aliphatic rings. The average Bonchev–Trinajstić information content (AvgIpc) is 3.35. The Morgan fingerprint density at radius 3 is 2.87 bits per heavy atom. The van der Waals surface area contributed by atoms with Crippen LogP contribution in [-0.2, 0) is 23.7 Å². The zero-order chi connectivity index (χ0) is 21.4. The fourth-order valence-electron chi connectivity index (χ4n) is 6.35. The molecular weight excluding hydrogens is 386 g/mol. The normalized spacial score (nSPS) is 28.2. The van der Waals surface area contributed by atoms with Gasteiger partial charge in [0.1, 0.15) is 0 Å². The Balaban J connectivity index is 1.64. The van der Waals surface area contributed by atoms with Gasteiger partial charge in [-0.15, -0.1) is 0 Å². The number of carbonyl (C=O) groups is 1. The molecule has 6 heteroatoms. The van der Waals surface area contributed by atoms with Crippen LogP contribution < -0.4 is 5.32 Å². The molecular formula is C25H27N5O. The number of fused-ring (bicyclic) bond motifs is 5. The Morgan fingerprint density at radius 1 is 1.19 bits per heavy atom. The Bertz CT molecular complexity index is 1210. The highest BCUT2D eigenvalue weighted by Crippen LogP contribution is 2.57. The molecule has 1 N–H and O–H groups in total. The van der Waals surface area contributed by atoms with Crippen LogP contribution in [0.25, 0.3) is 11.3 Å². The van der Waals surface area contributed by atoms with Crippen LogP contribution in [0.5, 0.6) is 0 Å². The molecule has 0 fully saturated rings. The van der Waals surface area contributed by atoms with Gasteiger partial charge >= 0.3 is 0 Å². The van der Waals surface area contributed by atoms with Gasteiger partial charge in [0, 0.05) is 42.1 Å². The lowest BCUT2D eigenvalue weighted by Gasteiger charge is -2.50. The van der Waals surface area contributed by atoms with Gasteiger partial charge in [0.2, 0.25) is 0 Å². The van der Waals surface area contributed by atoms with Gasteiger partial charge in [0.05, 0.1) is 17.3 Å². The molecule has 1 aromatic heterocycles. The van der Waals surface area contributed by atoms with Gasteiger partial charge in [-0.2, -0.15) is 15.3 Å². The molecule has 6 nitrogen and oxygen atoms in total. The number of aromatic nitrogens is 2. The maximum atomic E-state index is 13.7. The number of benzene rings is 1. The van der Waals surface area contributed by atoms with E-state index in [-0.39, 0.29) is 17.4 Å². The van der Waals surface area contributed by atoms with Crippen molar-refractivity contribution < 1.29 is 4.79 Å². The zero-order valence-electron chi connectivity index (χ0n) is 18.3. The topological polar surface area (TPSA) is 71.6 Å². The third kappa shape index (κ3) is 2.51. The van der Waals surface area contributed by atoms with Crippen LogP contribution in [0.2, 0.25) is 0 Å². The molecule has 31 heavy (non-hydrogen) atoms. The number of azo groups is 1. The summed E-state index contributed by atoms with van der Waals surface area (Å²) in [6.07, 6.45) is 7.98. The second kappa shape index (κ2) is 6.25. The monoisotopic (exact) mass is 413 g/mol. The number of carbonyl (C=O) groups excluding carboxylic acids is 1. The van der Waals surface area contributed by atoms with Crippen LogP contribution in [0.4, 0.5) is 0 Å². The van der Waals surface area contributed by atoms with Crippen LogP contribution in [0, 0.1) is 5.41 Å². The highest BCUT2D eigenvalue weighted by molar-refractivity contribution is 6.01. The molecule has 0 saturated heterocycles. The first-order valence-corrected chi connectivity index (χ1v) is 11.2. The minimum absolute atomic E-state index is 0.0465. The molecule has 1 unspecified atom stereocenters. The number of rotatable bonds is 1. The van der Waals surface area contributed by atoms with E-state index in [1.807, 2.05) is 24.1 Å². The summed E-state index contributed by atoms with van der Waals surface area (Å²) in [6.45, 7) is 4.36. The van der Waals surface area contributed by atoms with E-state index in [1.54, 1.807) is 0 Å². The minimum Gasteiger partial charge on any atom is -0.362 e. The Morgan fingerprint density at radius 2 is 2.06 bits per heavy atom. The molecule has 3 heterocycles. The summed E-state index contributed by atoms with van der Waals surface area (Å²) in [7, 11) is 1.98. The van der Waals surface area contributed by atoms with Crippen molar-refractivity contribution in [3.05, 3.63) is 64.6 Å². The van der Waals surface area contributed by atoms with E-state index in [0.29, 0.717) is 6.42 Å². The maximum absolute atomic E-state index is 13.7. The van der Waals surface area contributed by atoms with Crippen molar-refractivity contribution in [1.82, 2.24) is 15.1 Å². The van der Waals surface area contributed by atoms with E-state index in [1.165, 1.54) is 16.7 Å². The predicted molar refractivity (Wildman–Crippen MR) is 118 cm³/mol. The van der Waals surface area contributed by atoms with Gasteiger partial charge in [-0.05, 0) is 48.3 Å². The van der Waals surface area contributed by atoms with Crippen LogP contribution in [0.1, 0.15) is 50.7 Å².